The van der Waals surface area contributed by atoms with Gasteiger partial charge in [-0.2, -0.15) is 0 Å². The van der Waals surface area contributed by atoms with Gasteiger partial charge in [-0.15, -0.1) is 0 Å². The molecule has 6 nitrogen and oxygen atoms in total. The molecule has 1 heterocycles. The summed E-state index contributed by atoms with van der Waals surface area (Å²) in [6.07, 6.45) is 9.06. The summed E-state index contributed by atoms with van der Waals surface area (Å²) >= 11 is 0. The fraction of sp³-hybridized carbons (Fsp3) is 0.476. The standard InChI is InChI=1S/C21H28N4O2/c1-3-27-20-9-6-16(19-14-23-10-11-24-19)12-17(20)13-25-21(26)15-4-7-18(22-2)8-5-15/h6,9-12,14-15,18,22H,3-5,7-8,13H2,1-2H3,(H,25,26). The lowest BCUT2D eigenvalue weighted by Gasteiger charge is -2.27. The van der Waals surface area contributed by atoms with Crippen LogP contribution in [0.2, 0.25) is 0 Å². The second-order valence-corrected chi connectivity index (χ2v) is 6.90. The van der Waals surface area contributed by atoms with E-state index in [0.717, 1.165) is 48.3 Å². The largest absolute Gasteiger partial charge is 0.494 e. The predicted molar refractivity (Wildman–Crippen MR) is 105 cm³/mol. The smallest absolute Gasteiger partial charge is 0.223 e. The van der Waals surface area contributed by atoms with Gasteiger partial charge < -0.3 is 15.4 Å². The maximum atomic E-state index is 12.6. The molecule has 144 valence electrons. The van der Waals surface area contributed by atoms with Gasteiger partial charge in [-0.25, -0.2) is 0 Å². The van der Waals surface area contributed by atoms with Crippen molar-refractivity contribution in [3.63, 3.8) is 0 Å². The molecule has 2 N–H and O–H groups in total. The van der Waals surface area contributed by atoms with Crippen molar-refractivity contribution in [1.29, 1.82) is 0 Å². The third-order valence-electron chi connectivity index (χ3n) is 5.18. The Morgan fingerprint density at radius 3 is 2.70 bits per heavy atom. The van der Waals surface area contributed by atoms with Crippen molar-refractivity contribution in [2.45, 2.75) is 45.2 Å². The molecule has 0 atom stereocenters. The maximum absolute atomic E-state index is 12.6. The monoisotopic (exact) mass is 368 g/mol. The number of nitrogens with one attached hydrogen (secondary N) is 2. The molecular weight excluding hydrogens is 340 g/mol. The van der Waals surface area contributed by atoms with Crippen LogP contribution in [0, 0.1) is 5.92 Å². The number of aromatic nitrogens is 2. The topological polar surface area (TPSA) is 76.1 Å². The highest BCUT2D eigenvalue weighted by Gasteiger charge is 2.25. The number of carbonyl (C=O) groups excluding carboxylic acids is 1. The zero-order valence-electron chi connectivity index (χ0n) is 16.1. The van der Waals surface area contributed by atoms with Crippen LogP contribution in [0.15, 0.2) is 36.8 Å². The minimum absolute atomic E-state index is 0.105. The van der Waals surface area contributed by atoms with Crippen molar-refractivity contribution in [2.24, 2.45) is 5.92 Å². The first kappa shape index (κ1) is 19.3. The van der Waals surface area contributed by atoms with E-state index in [0.29, 0.717) is 19.2 Å². The normalized spacial score (nSPS) is 19.5. The molecule has 0 aliphatic heterocycles. The second-order valence-electron chi connectivity index (χ2n) is 6.90. The molecule has 1 amide bonds. The highest BCUT2D eigenvalue weighted by atomic mass is 16.5. The quantitative estimate of drug-likeness (QED) is 0.786. The Labute approximate surface area is 160 Å². The van der Waals surface area contributed by atoms with Crippen molar-refractivity contribution in [1.82, 2.24) is 20.6 Å². The molecule has 1 aliphatic carbocycles. The Hall–Kier alpha value is -2.47. The van der Waals surface area contributed by atoms with E-state index in [-0.39, 0.29) is 11.8 Å². The summed E-state index contributed by atoms with van der Waals surface area (Å²) in [4.78, 5) is 21.1. The lowest BCUT2D eigenvalue weighted by Crippen LogP contribution is -2.37. The fourth-order valence-corrected chi connectivity index (χ4v) is 3.59. The number of amides is 1. The molecule has 1 aromatic heterocycles. The zero-order chi connectivity index (χ0) is 19.1. The van der Waals surface area contributed by atoms with Gasteiger partial charge in [0, 0.05) is 42.0 Å². The van der Waals surface area contributed by atoms with Gasteiger partial charge in [0.05, 0.1) is 18.5 Å². The molecule has 6 heteroatoms. The van der Waals surface area contributed by atoms with E-state index in [1.807, 2.05) is 32.2 Å². The summed E-state index contributed by atoms with van der Waals surface area (Å²) < 4.78 is 5.74. The Morgan fingerprint density at radius 2 is 2.04 bits per heavy atom. The fourth-order valence-electron chi connectivity index (χ4n) is 3.59. The molecule has 1 saturated carbocycles. The van der Waals surface area contributed by atoms with Crippen LogP contribution in [-0.2, 0) is 11.3 Å². The van der Waals surface area contributed by atoms with E-state index in [1.165, 1.54) is 0 Å². The van der Waals surface area contributed by atoms with Crippen molar-refractivity contribution >= 4 is 5.91 Å². The van der Waals surface area contributed by atoms with Gasteiger partial charge in [-0.05, 0) is 57.9 Å². The lowest BCUT2D eigenvalue weighted by molar-refractivity contribution is -0.126. The Balaban J connectivity index is 1.68. The third-order valence-corrected chi connectivity index (χ3v) is 5.18. The highest BCUT2D eigenvalue weighted by Crippen LogP contribution is 2.27. The Bertz CT molecular complexity index is 743. The van der Waals surface area contributed by atoms with E-state index >= 15 is 0 Å². The summed E-state index contributed by atoms with van der Waals surface area (Å²) in [5.74, 6) is 1.04. The molecule has 1 aromatic carbocycles. The maximum Gasteiger partial charge on any atom is 0.223 e. The van der Waals surface area contributed by atoms with E-state index in [4.69, 9.17) is 4.74 Å². The number of carbonyl (C=O) groups is 1. The van der Waals surface area contributed by atoms with Crippen LogP contribution in [-0.4, -0.2) is 35.6 Å². The van der Waals surface area contributed by atoms with Gasteiger partial charge >= 0.3 is 0 Å². The summed E-state index contributed by atoms with van der Waals surface area (Å²) in [7, 11) is 1.99. The predicted octanol–water partition coefficient (Wildman–Crippen LogP) is 2.94. The SMILES string of the molecule is CCOc1ccc(-c2cnccn2)cc1CNC(=O)C1CCC(NC)CC1. The van der Waals surface area contributed by atoms with E-state index in [9.17, 15) is 4.79 Å². The molecular formula is C21H28N4O2. The molecule has 3 rings (SSSR count). The summed E-state index contributed by atoms with van der Waals surface area (Å²) in [5, 5.41) is 6.41. The second kappa shape index (κ2) is 9.46. The van der Waals surface area contributed by atoms with Gasteiger partial charge in [0.15, 0.2) is 0 Å². The first-order chi connectivity index (χ1) is 13.2. The van der Waals surface area contributed by atoms with E-state index < -0.39 is 0 Å². The number of rotatable bonds is 7. The molecule has 0 unspecified atom stereocenters. The van der Waals surface area contributed by atoms with Crippen molar-refractivity contribution in [2.75, 3.05) is 13.7 Å². The highest BCUT2D eigenvalue weighted by molar-refractivity contribution is 5.78. The van der Waals surface area contributed by atoms with Crippen LogP contribution in [0.4, 0.5) is 0 Å². The number of benzene rings is 1. The first-order valence-corrected chi connectivity index (χ1v) is 9.68. The molecule has 0 spiro atoms. The van der Waals surface area contributed by atoms with E-state index in [2.05, 4.69) is 20.6 Å². The average molecular weight is 368 g/mol. The van der Waals surface area contributed by atoms with Crippen LogP contribution < -0.4 is 15.4 Å². The van der Waals surface area contributed by atoms with Crippen LogP contribution in [0.3, 0.4) is 0 Å². The Kier molecular flexibility index (Phi) is 6.76. The van der Waals surface area contributed by atoms with Crippen LogP contribution in [0.25, 0.3) is 11.3 Å². The van der Waals surface area contributed by atoms with Gasteiger partial charge in [0.2, 0.25) is 5.91 Å². The minimum atomic E-state index is 0.105. The zero-order valence-corrected chi connectivity index (χ0v) is 16.1. The molecule has 1 fully saturated rings. The first-order valence-electron chi connectivity index (χ1n) is 9.68. The van der Waals surface area contributed by atoms with E-state index in [1.54, 1.807) is 18.6 Å². The molecule has 0 radical (unpaired) electrons. The van der Waals surface area contributed by atoms with Gasteiger partial charge in [-0.3, -0.25) is 14.8 Å². The number of hydrogen-bond donors (Lipinski definition) is 2. The molecule has 2 aromatic rings. The van der Waals surface area contributed by atoms with Gasteiger partial charge in [0.25, 0.3) is 0 Å². The summed E-state index contributed by atoms with van der Waals surface area (Å²) in [5.41, 5.74) is 2.72. The lowest BCUT2D eigenvalue weighted by atomic mass is 9.85. The van der Waals surface area contributed by atoms with Crippen molar-refractivity contribution < 1.29 is 9.53 Å². The van der Waals surface area contributed by atoms with Crippen LogP contribution in [0.1, 0.15) is 38.2 Å². The molecule has 0 saturated heterocycles. The molecule has 1 aliphatic rings. The van der Waals surface area contributed by atoms with Gasteiger partial charge in [0.1, 0.15) is 5.75 Å². The van der Waals surface area contributed by atoms with Gasteiger partial charge in [-0.1, -0.05) is 0 Å². The van der Waals surface area contributed by atoms with Crippen molar-refractivity contribution in [3.8, 4) is 17.0 Å². The van der Waals surface area contributed by atoms with Crippen LogP contribution in [0.5, 0.6) is 5.75 Å². The number of ether oxygens (including phenoxy) is 1. The Morgan fingerprint density at radius 1 is 1.22 bits per heavy atom. The van der Waals surface area contributed by atoms with Crippen molar-refractivity contribution in [3.05, 3.63) is 42.4 Å². The third kappa shape index (κ3) is 5.04. The minimum Gasteiger partial charge on any atom is -0.494 e. The summed E-state index contributed by atoms with van der Waals surface area (Å²) in [6.45, 7) is 2.99. The summed E-state index contributed by atoms with van der Waals surface area (Å²) in [6, 6.07) is 6.47. The molecule has 0 bridgehead atoms. The average Bonchev–Trinajstić information content (AvgIpc) is 2.73. The number of nitrogens with zero attached hydrogens (tertiary/aromatic N) is 2. The van der Waals surface area contributed by atoms with Crippen LogP contribution >= 0.6 is 0 Å². The number of hydrogen-bond acceptors (Lipinski definition) is 5. The molecule has 27 heavy (non-hydrogen) atoms.